The summed E-state index contributed by atoms with van der Waals surface area (Å²) in [6.07, 6.45) is 0.682. The standard InChI is InChI=1S/C7H17NO2.C2H8N2O/c1-3-9-7(5-6-8)10-4-2;3-1-5-2-4/h7H,3-6,8H2,1-2H3;1-4H2. The fraction of sp³-hybridized carbons (Fsp3) is 1.00. The fourth-order valence-corrected chi connectivity index (χ4v) is 0.791. The first-order chi connectivity index (χ1) is 7.26. The Balaban J connectivity index is 0. The topological polar surface area (TPSA) is 106 Å². The Morgan fingerprint density at radius 2 is 1.40 bits per heavy atom. The average molecular weight is 223 g/mol. The molecule has 15 heavy (non-hydrogen) atoms. The quantitative estimate of drug-likeness (QED) is 0.482. The predicted molar refractivity (Wildman–Crippen MR) is 59.9 cm³/mol. The summed E-state index contributed by atoms with van der Waals surface area (Å²) in [4.78, 5) is 0. The Morgan fingerprint density at radius 1 is 0.933 bits per heavy atom. The predicted octanol–water partition coefficient (Wildman–Crippen LogP) is -0.430. The van der Waals surface area contributed by atoms with E-state index in [2.05, 4.69) is 4.74 Å². The minimum atomic E-state index is -0.0972. The molecule has 0 saturated carbocycles. The second kappa shape index (κ2) is 16.2. The van der Waals surface area contributed by atoms with Crippen LogP contribution in [0.1, 0.15) is 20.3 Å². The summed E-state index contributed by atoms with van der Waals surface area (Å²) in [5.41, 5.74) is 15.0. The molecule has 0 aromatic carbocycles. The molecule has 0 aliphatic carbocycles. The molecule has 0 bridgehead atoms. The van der Waals surface area contributed by atoms with E-state index in [-0.39, 0.29) is 19.8 Å². The van der Waals surface area contributed by atoms with Crippen LogP contribution in [-0.4, -0.2) is 39.5 Å². The Kier molecular flexibility index (Phi) is 18.5. The van der Waals surface area contributed by atoms with Gasteiger partial charge in [0.1, 0.15) is 0 Å². The minimum absolute atomic E-state index is 0.0972. The Morgan fingerprint density at radius 3 is 1.60 bits per heavy atom. The molecule has 0 rings (SSSR count). The molecule has 94 valence electrons. The summed E-state index contributed by atoms with van der Waals surface area (Å²) >= 11 is 0. The Hall–Kier alpha value is -0.240. The van der Waals surface area contributed by atoms with Gasteiger partial charge in [-0.15, -0.1) is 0 Å². The third-order valence-electron chi connectivity index (χ3n) is 1.34. The number of hydrogen-bond donors (Lipinski definition) is 3. The van der Waals surface area contributed by atoms with Crippen molar-refractivity contribution in [3.05, 3.63) is 0 Å². The molecule has 0 saturated heterocycles. The molecular weight excluding hydrogens is 198 g/mol. The van der Waals surface area contributed by atoms with Gasteiger partial charge in [-0.2, -0.15) is 0 Å². The molecule has 0 unspecified atom stereocenters. The maximum Gasteiger partial charge on any atom is 0.158 e. The van der Waals surface area contributed by atoms with E-state index >= 15 is 0 Å². The van der Waals surface area contributed by atoms with E-state index in [1.54, 1.807) is 0 Å². The van der Waals surface area contributed by atoms with Crippen LogP contribution < -0.4 is 17.2 Å². The van der Waals surface area contributed by atoms with Crippen LogP contribution >= 0.6 is 0 Å². The van der Waals surface area contributed by atoms with Gasteiger partial charge in [-0.05, 0) is 20.4 Å². The Bertz CT molecular complexity index is 90.3. The van der Waals surface area contributed by atoms with E-state index in [0.29, 0.717) is 19.8 Å². The smallest absolute Gasteiger partial charge is 0.158 e. The van der Waals surface area contributed by atoms with Crippen LogP contribution in [0.4, 0.5) is 0 Å². The maximum absolute atomic E-state index is 5.33. The lowest BCUT2D eigenvalue weighted by atomic mass is 10.4. The van der Waals surface area contributed by atoms with E-state index in [1.165, 1.54) is 0 Å². The lowest BCUT2D eigenvalue weighted by Gasteiger charge is -2.15. The highest BCUT2D eigenvalue weighted by Crippen LogP contribution is 1.98. The largest absolute Gasteiger partial charge is 0.353 e. The first kappa shape index (κ1) is 17.2. The summed E-state index contributed by atoms with van der Waals surface area (Å²) < 4.78 is 14.8. The summed E-state index contributed by atoms with van der Waals surface area (Å²) in [6.45, 7) is 6.32. The van der Waals surface area contributed by atoms with Crippen LogP contribution in [0.2, 0.25) is 0 Å². The van der Waals surface area contributed by atoms with Gasteiger partial charge in [0.25, 0.3) is 0 Å². The van der Waals surface area contributed by atoms with Gasteiger partial charge in [0.2, 0.25) is 0 Å². The summed E-state index contributed by atoms with van der Waals surface area (Å²) in [7, 11) is 0. The zero-order valence-corrected chi connectivity index (χ0v) is 9.78. The average Bonchev–Trinajstić information content (AvgIpc) is 2.21. The SMILES string of the molecule is CCOC(CCN)OCC.NCOCN. The molecular formula is C9H25N3O3. The van der Waals surface area contributed by atoms with E-state index in [9.17, 15) is 0 Å². The lowest BCUT2D eigenvalue weighted by molar-refractivity contribution is -0.137. The molecule has 0 aliphatic rings. The van der Waals surface area contributed by atoms with Crippen molar-refractivity contribution < 1.29 is 14.2 Å². The number of rotatable bonds is 8. The van der Waals surface area contributed by atoms with Crippen molar-refractivity contribution in [2.45, 2.75) is 26.6 Å². The van der Waals surface area contributed by atoms with Crippen LogP contribution in [0.15, 0.2) is 0 Å². The summed E-state index contributed by atoms with van der Waals surface area (Å²) in [6, 6.07) is 0. The van der Waals surface area contributed by atoms with Gasteiger partial charge in [-0.1, -0.05) is 0 Å². The normalized spacial score (nSPS) is 10.0. The van der Waals surface area contributed by atoms with Gasteiger partial charge in [0, 0.05) is 19.6 Å². The molecule has 0 spiro atoms. The van der Waals surface area contributed by atoms with Crippen molar-refractivity contribution in [2.75, 3.05) is 33.2 Å². The highest BCUT2D eigenvalue weighted by atomic mass is 16.7. The monoisotopic (exact) mass is 223 g/mol. The third-order valence-corrected chi connectivity index (χ3v) is 1.34. The van der Waals surface area contributed by atoms with Gasteiger partial charge in [-0.25, -0.2) is 0 Å². The molecule has 0 aromatic heterocycles. The number of hydrogen-bond acceptors (Lipinski definition) is 6. The second-order valence-electron chi connectivity index (χ2n) is 2.46. The number of ether oxygens (including phenoxy) is 3. The summed E-state index contributed by atoms with van der Waals surface area (Å²) in [5.74, 6) is 0. The maximum atomic E-state index is 5.33. The van der Waals surface area contributed by atoms with Crippen LogP contribution in [0.5, 0.6) is 0 Å². The molecule has 0 atom stereocenters. The first-order valence-corrected chi connectivity index (χ1v) is 5.17. The van der Waals surface area contributed by atoms with Crippen molar-refractivity contribution >= 4 is 0 Å². The van der Waals surface area contributed by atoms with Crippen LogP contribution in [-0.2, 0) is 14.2 Å². The Labute approximate surface area is 92.0 Å². The molecule has 6 nitrogen and oxygen atoms in total. The third kappa shape index (κ3) is 16.4. The zero-order chi connectivity index (χ0) is 11.9. The minimum Gasteiger partial charge on any atom is -0.353 e. The highest BCUT2D eigenvalue weighted by molar-refractivity contribution is 4.44. The van der Waals surface area contributed by atoms with E-state index in [1.807, 2.05) is 13.8 Å². The van der Waals surface area contributed by atoms with Crippen LogP contribution in [0.25, 0.3) is 0 Å². The van der Waals surface area contributed by atoms with Gasteiger partial charge in [-0.3, -0.25) is 0 Å². The fourth-order valence-electron chi connectivity index (χ4n) is 0.791. The molecule has 6 N–H and O–H groups in total. The molecule has 0 fully saturated rings. The van der Waals surface area contributed by atoms with Crippen molar-refractivity contribution in [3.8, 4) is 0 Å². The highest BCUT2D eigenvalue weighted by Gasteiger charge is 2.04. The van der Waals surface area contributed by atoms with Gasteiger partial charge in [0.05, 0.1) is 13.5 Å². The van der Waals surface area contributed by atoms with Crippen LogP contribution in [0, 0.1) is 0 Å². The van der Waals surface area contributed by atoms with Crippen molar-refractivity contribution in [3.63, 3.8) is 0 Å². The first-order valence-electron chi connectivity index (χ1n) is 5.17. The molecule has 0 aliphatic heterocycles. The zero-order valence-electron chi connectivity index (χ0n) is 9.78. The van der Waals surface area contributed by atoms with Gasteiger partial charge < -0.3 is 31.4 Å². The van der Waals surface area contributed by atoms with Gasteiger partial charge in [0.15, 0.2) is 6.29 Å². The second-order valence-corrected chi connectivity index (χ2v) is 2.46. The molecule has 0 heterocycles. The van der Waals surface area contributed by atoms with E-state index in [0.717, 1.165) is 6.42 Å². The molecule has 0 radical (unpaired) electrons. The van der Waals surface area contributed by atoms with Crippen molar-refractivity contribution in [1.82, 2.24) is 0 Å². The molecule has 6 heteroatoms. The van der Waals surface area contributed by atoms with Crippen molar-refractivity contribution in [2.24, 2.45) is 17.2 Å². The van der Waals surface area contributed by atoms with E-state index in [4.69, 9.17) is 26.7 Å². The lowest BCUT2D eigenvalue weighted by Crippen LogP contribution is -2.21. The van der Waals surface area contributed by atoms with Gasteiger partial charge >= 0.3 is 0 Å². The molecule has 0 aromatic rings. The van der Waals surface area contributed by atoms with Crippen LogP contribution in [0.3, 0.4) is 0 Å². The summed E-state index contributed by atoms with van der Waals surface area (Å²) in [5, 5.41) is 0. The molecule has 0 amide bonds. The van der Waals surface area contributed by atoms with Crippen molar-refractivity contribution in [1.29, 1.82) is 0 Å². The number of nitrogens with two attached hydrogens (primary N) is 3. The van der Waals surface area contributed by atoms with E-state index < -0.39 is 0 Å².